The van der Waals surface area contributed by atoms with E-state index in [9.17, 15) is 0 Å². The van der Waals surface area contributed by atoms with E-state index in [1.807, 2.05) is 0 Å². The highest BCUT2D eigenvalue weighted by atomic mass is 32.1. The van der Waals surface area contributed by atoms with Crippen LogP contribution in [0.25, 0.3) is 19.5 Å². The highest BCUT2D eigenvalue weighted by molar-refractivity contribution is 7.27. The summed E-state index contributed by atoms with van der Waals surface area (Å²) >= 11 is 5.03. The van der Waals surface area contributed by atoms with Crippen LogP contribution in [0.1, 0.15) is 88.8 Å². The Bertz CT molecular complexity index is 1430. The van der Waals surface area contributed by atoms with Gasteiger partial charge in [0.05, 0.1) is 38.1 Å². The number of thiophene rings is 3. The largest absolute Gasteiger partial charge is 0.487 e. The van der Waals surface area contributed by atoms with Crippen LogP contribution < -0.4 is 28.4 Å². The summed E-state index contributed by atoms with van der Waals surface area (Å²) in [5.74, 6) is 5.81. The van der Waals surface area contributed by atoms with Gasteiger partial charge >= 0.3 is 0 Å². The van der Waals surface area contributed by atoms with Crippen molar-refractivity contribution < 1.29 is 37.9 Å². The van der Waals surface area contributed by atoms with Gasteiger partial charge < -0.3 is 37.9 Å². The Kier molecular flexibility index (Phi) is 13.2. The molecule has 3 aliphatic heterocycles. The van der Waals surface area contributed by atoms with Crippen LogP contribution in [-0.4, -0.2) is 66.1 Å². The number of hydrogen-bond acceptors (Lipinski definition) is 11. The first-order valence-electron chi connectivity index (χ1n) is 18.8. The first-order valence-corrected chi connectivity index (χ1v) is 21.2. The molecule has 11 heteroatoms. The van der Waals surface area contributed by atoms with Gasteiger partial charge in [0.25, 0.3) is 0 Å². The van der Waals surface area contributed by atoms with E-state index in [0.29, 0.717) is 64.7 Å². The quantitative estimate of drug-likeness (QED) is 0.127. The average Bonchev–Trinajstić information content (AvgIpc) is 3.74. The van der Waals surface area contributed by atoms with Gasteiger partial charge in [-0.05, 0) is 38.5 Å². The van der Waals surface area contributed by atoms with E-state index >= 15 is 0 Å². The van der Waals surface area contributed by atoms with Crippen LogP contribution in [0.3, 0.4) is 0 Å². The van der Waals surface area contributed by atoms with Crippen LogP contribution >= 0.6 is 34.0 Å². The van der Waals surface area contributed by atoms with Gasteiger partial charge in [0, 0.05) is 23.0 Å². The molecule has 0 aliphatic carbocycles. The van der Waals surface area contributed by atoms with Gasteiger partial charge in [-0.15, -0.1) is 34.0 Å². The molecule has 3 aromatic heterocycles. The van der Waals surface area contributed by atoms with Crippen LogP contribution in [0.15, 0.2) is 0 Å². The maximum Gasteiger partial charge on any atom is 0.181 e. The van der Waals surface area contributed by atoms with Crippen LogP contribution in [-0.2, 0) is 9.47 Å². The zero-order valence-electron chi connectivity index (χ0n) is 30.9. The van der Waals surface area contributed by atoms with Crippen molar-refractivity contribution in [2.24, 2.45) is 17.3 Å². The second-order valence-corrected chi connectivity index (χ2v) is 17.5. The molecule has 8 nitrogen and oxygen atoms in total. The predicted octanol–water partition coefficient (Wildman–Crippen LogP) is 10.6. The van der Waals surface area contributed by atoms with Gasteiger partial charge in [0.2, 0.25) is 0 Å². The highest BCUT2D eigenvalue weighted by Gasteiger charge is 2.41. The molecule has 0 saturated heterocycles. The number of hydrogen-bond donors (Lipinski definition) is 0. The van der Waals surface area contributed by atoms with Gasteiger partial charge in [0.1, 0.15) is 39.6 Å². The monoisotopic (exact) mass is 748 g/mol. The van der Waals surface area contributed by atoms with Crippen molar-refractivity contribution in [2.75, 3.05) is 66.1 Å². The molecule has 2 unspecified atom stereocenters. The van der Waals surface area contributed by atoms with Crippen LogP contribution in [0.5, 0.6) is 34.5 Å². The van der Waals surface area contributed by atoms with E-state index < -0.39 is 5.41 Å². The Balaban J connectivity index is 1.34. The molecule has 0 N–H and O–H groups in total. The Morgan fingerprint density at radius 3 is 1.32 bits per heavy atom. The Morgan fingerprint density at radius 1 is 0.540 bits per heavy atom. The fraction of sp³-hybridized carbons (Fsp3) is 0.692. The summed E-state index contributed by atoms with van der Waals surface area (Å²) in [5.41, 5.74) is -0.480. The summed E-state index contributed by atoms with van der Waals surface area (Å²) in [6.07, 6.45) is 9.47. The van der Waals surface area contributed by atoms with Crippen molar-refractivity contribution in [3.63, 3.8) is 0 Å². The van der Waals surface area contributed by atoms with Crippen molar-refractivity contribution in [1.29, 1.82) is 0 Å². The molecule has 6 rings (SSSR count). The van der Waals surface area contributed by atoms with E-state index in [1.54, 1.807) is 34.0 Å². The van der Waals surface area contributed by atoms with Gasteiger partial charge in [-0.25, -0.2) is 0 Å². The molecule has 3 aliphatic rings. The second-order valence-electron chi connectivity index (χ2n) is 14.0. The Hall–Kier alpha value is -2.18. The summed E-state index contributed by atoms with van der Waals surface area (Å²) in [7, 11) is 0. The summed E-state index contributed by atoms with van der Waals surface area (Å²) < 4.78 is 51.7. The molecule has 2 atom stereocenters. The van der Waals surface area contributed by atoms with E-state index in [4.69, 9.17) is 37.9 Å². The molecular formula is C39H56O8S3. The molecule has 278 valence electrons. The predicted molar refractivity (Wildman–Crippen MR) is 204 cm³/mol. The molecule has 0 spiro atoms. The van der Waals surface area contributed by atoms with E-state index in [-0.39, 0.29) is 0 Å². The highest BCUT2D eigenvalue weighted by Crippen LogP contribution is 2.62. The lowest BCUT2D eigenvalue weighted by atomic mass is 9.91. The standard InChI is InChI=1S/C39H56O8S3/c1-7-11-13-27(9-3)19-40-21-39(22-41-20-28(10-4)14-12-8-2)23-46-33-34(47-24-39)38(36-32-30(26(6)49-36)43-16-18-45-32)50-37(33)35-31-29(25(5)48-35)42-15-17-44-31/h27-28H,7-24H2,1-6H3. The molecule has 0 bridgehead atoms. The summed E-state index contributed by atoms with van der Waals surface area (Å²) in [4.78, 5) is 6.17. The van der Waals surface area contributed by atoms with E-state index in [2.05, 4.69) is 41.5 Å². The third-order valence-electron chi connectivity index (χ3n) is 10.0. The van der Waals surface area contributed by atoms with Gasteiger partial charge in [-0.2, -0.15) is 0 Å². The van der Waals surface area contributed by atoms with Crippen LogP contribution in [0, 0.1) is 31.1 Å². The van der Waals surface area contributed by atoms with Crippen LogP contribution in [0.4, 0.5) is 0 Å². The zero-order valence-corrected chi connectivity index (χ0v) is 33.3. The average molecular weight is 749 g/mol. The first-order chi connectivity index (χ1) is 24.4. The summed E-state index contributed by atoms with van der Waals surface area (Å²) in [5, 5.41) is 0. The van der Waals surface area contributed by atoms with Crippen molar-refractivity contribution in [3.8, 4) is 54.0 Å². The minimum absolute atomic E-state index is 0.422. The third kappa shape index (κ3) is 8.22. The van der Waals surface area contributed by atoms with Crippen molar-refractivity contribution in [1.82, 2.24) is 0 Å². The number of ether oxygens (including phenoxy) is 8. The molecule has 0 radical (unpaired) electrons. The number of aryl methyl sites for hydroxylation is 2. The maximum absolute atomic E-state index is 6.97. The molecule has 0 amide bonds. The lowest BCUT2D eigenvalue weighted by molar-refractivity contribution is -0.0714. The van der Waals surface area contributed by atoms with Crippen molar-refractivity contribution in [2.45, 2.75) is 92.9 Å². The fourth-order valence-corrected chi connectivity index (χ4v) is 10.4. The summed E-state index contributed by atoms with van der Waals surface area (Å²) in [6, 6.07) is 0. The zero-order chi connectivity index (χ0) is 35.1. The third-order valence-corrected chi connectivity index (χ3v) is 13.6. The molecular weight excluding hydrogens is 693 g/mol. The van der Waals surface area contributed by atoms with E-state index in [1.165, 1.54) is 38.5 Å². The minimum Gasteiger partial charge on any atom is -0.487 e. The number of rotatable bonds is 18. The Morgan fingerprint density at radius 2 is 0.920 bits per heavy atom. The molecule has 3 aromatic rings. The molecule has 6 heterocycles. The molecule has 0 aromatic carbocycles. The molecule has 0 fully saturated rings. The van der Waals surface area contributed by atoms with Crippen molar-refractivity contribution in [3.05, 3.63) is 9.75 Å². The number of fused-ring (bicyclic) bond motifs is 3. The Labute approximate surface area is 310 Å². The SMILES string of the molecule is CCCCC(CC)COCC1(COCC(CC)CCCC)COc2c(-c3sc(C)c4c3OCCO4)sc(-c3sc(C)c4c3OCCO4)c2OC1. The lowest BCUT2D eigenvalue weighted by Crippen LogP contribution is -2.43. The van der Waals surface area contributed by atoms with Gasteiger partial charge in [-0.3, -0.25) is 0 Å². The first kappa shape index (κ1) is 37.6. The maximum atomic E-state index is 6.97. The topological polar surface area (TPSA) is 73.8 Å². The van der Waals surface area contributed by atoms with Crippen molar-refractivity contribution >= 4 is 34.0 Å². The van der Waals surface area contributed by atoms with Gasteiger partial charge in [-0.1, -0.05) is 66.2 Å². The second kappa shape index (κ2) is 17.6. The smallest absolute Gasteiger partial charge is 0.181 e. The molecule has 0 saturated carbocycles. The number of unbranched alkanes of at least 4 members (excludes halogenated alkanes) is 2. The van der Waals surface area contributed by atoms with E-state index in [0.717, 1.165) is 89.8 Å². The minimum atomic E-state index is -0.480. The van der Waals surface area contributed by atoms with Crippen LogP contribution in [0.2, 0.25) is 0 Å². The summed E-state index contributed by atoms with van der Waals surface area (Å²) in [6.45, 7) is 18.7. The molecule has 50 heavy (non-hydrogen) atoms. The lowest BCUT2D eigenvalue weighted by Gasteiger charge is -2.32. The normalized spacial score (nSPS) is 17.4. The van der Waals surface area contributed by atoms with Gasteiger partial charge in [0.15, 0.2) is 34.5 Å². The fourth-order valence-electron chi connectivity index (χ4n) is 6.83.